The van der Waals surface area contributed by atoms with Crippen molar-refractivity contribution in [1.82, 2.24) is 5.43 Å². The number of nitrogens with two attached hydrogens (primary N) is 1. The number of fused-ring (bicyclic) bond motifs is 1. The Balaban J connectivity index is 2.12. The predicted molar refractivity (Wildman–Crippen MR) is 79.2 cm³/mol. The molecular formula is C15H16N2OS. The molecule has 0 radical (unpaired) electrons. The highest BCUT2D eigenvalue weighted by molar-refractivity contribution is 7.08. The minimum atomic E-state index is -0.0990. The summed E-state index contributed by atoms with van der Waals surface area (Å²) in [6.45, 7) is 4.14. The SMILES string of the molecule is Cc1cscc1C(NN)c1cc2cccc(C)c2o1. The molecule has 0 saturated carbocycles. The van der Waals surface area contributed by atoms with Gasteiger partial charge in [-0.2, -0.15) is 11.3 Å². The van der Waals surface area contributed by atoms with Gasteiger partial charge in [0.15, 0.2) is 0 Å². The Morgan fingerprint density at radius 1 is 1.21 bits per heavy atom. The molecule has 4 heteroatoms. The van der Waals surface area contributed by atoms with Gasteiger partial charge in [-0.05, 0) is 47.4 Å². The van der Waals surface area contributed by atoms with E-state index >= 15 is 0 Å². The highest BCUT2D eigenvalue weighted by Gasteiger charge is 2.20. The second-order valence-electron chi connectivity index (χ2n) is 4.75. The van der Waals surface area contributed by atoms with Gasteiger partial charge in [0.25, 0.3) is 0 Å². The largest absolute Gasteiger partial charge is 0.459 e. The quantitative estimate of drug-likeness (QED) is 0.565. The molecule has 0 aliphatic carbocycles. The van der Waals surface area contributed by atoms with E-state index in [-0.39, 0.29) is 6.04 Å². The number of para-hydroxylation sites is 1. The maximum Gasteiger partial charge on any atom is 0.137 e. The van der Waals surface area contributed by atoms with Gasteiger partial charge < -0.3 is 4.42 Å². The van der Waals surface area contributed by atoms with Gasteiger partial charge in [-0.15, -0.1) is 0 Å². The number of furan rings is 1. The Bertz CT molecular complexity index is 714. The number of rotatable bonds is 3. The van der Waals surface area contributed by atoms with Crippen LogP contribution in [-0.2, 0) is 0 Å². The lowest BCUT2D eigenvalue weighted by Crippen LogP contribution is -2.28. The third-order valence-electron chi connectivity index (χ3n) is 3.42. The fraction of sp³-hybridized carbons (Fsp3) is 0.200. The van der Waals surface area contributed by atoms with Crippen LogP contribution in [0.4, 0.5) is 0 Å². The molecule has 0 aliphatic rings. The minimum absolute atomic E-state index is 0.0990. The third kappa shape index (κ3) is 2.08. The average molecular weight is 272 g/mol. The summed E-state index contributed by atoms with van der Waals surface area (Å²) in [5, 5.41) is 5.34. The summed E-state index contributed by atoms with van der Waals surface area (Å²) in [7, 11) is 0. The smallest absolute Gasteiger partial charge is 0.137 e. The maximum atomic E-state index is 5.99. The molecule has 98 valence electrons. The first-order valence-electron chi connectivity index (χ1n) is 6.18. The van der Waals surface area contributed by atoms with Crippen molar-refractivity contribution >= 4 is 22.3 Å². The Morgan fingerprint density at radius 3 is 2.68 bits per heavy atom. The Morgan fingerprint density at radius 2 is 2.05 bits per heavy atom. The number of hydrazine groups is 1. The van der Waals surface area contributed by atoms with Crippen molar-refractivity contribution in [3.63, 3.8) is 0 Å². The lowest BCUT2D eigenvalue weighted by molar-refractivity contribution is 0.476. The molecule has 1 unspecified atom stereocenters. The molecular weight excluding hydrogens is 256 g/mol. The molecule has 0 amide bonds. The van der Waals surface area contributed by atoms with Crippen LogP contribution in [0.3, 0.4) is 0 Å². The van der Waals surface area contributed by atoms with Crippen LogP contribution in [0.15, 0.2) is 39.4 Å². The van der Waals surface area contributed by atoms with Gasteiger partial charge in [-0.3, -0.25) is 5.84 Å². The first kappa shape index (κ1) is 12.4. The van der Waals surface area contributed by atoms with Crippen LogP contribution in [0.5, 0.6) is 0 Å². The molecule has 19 heavy (non-hydrogen) atoms. The number of aryl methyl sites for hydroxylation is 2. The normalized spacial score (nSPS) is 13.0. The molecule has 0 aliphatic heterocycles. The maximum absolute atomic E-state index is 5.99. The van der Waals surface area contributed by atoms with E-state index in [9.17, 15) is 0 Å². The van der Waals surface area contributed by atoms with Crippen molar-refractivity contribution in [2.75, 3.05) is 0 Å². The van der Waals surface area contributed by atoms with Gasteiger partial charge in [0.1, 0.15) is 17.4 Å². The summed E-state index contributed by atoms with van der Waals surface area (Å²) in [5.41, 5.74) is 7.33. The van der Waals surface area contributed by atoms with Gasteiger partial charge in [-0.1, -0.05) is 18.2 Å². The van der Waals surface area contributed by atoms with Crippen molar-refractivity contribution in [3.05, 3.63) is 57.5 Å². The molecule has 1 aromatic carbocycles. The highest BCUT2D eigenvalue weighted by atomic mass is 32.1. The van der Waals surface area contributed by atoms with E-state index in [0.717, 1.165) is 22.3 Å². The molecule has 2 heterocycles. The zero-order chi connectivity index (χ0) is 13.4. The van der Waals surface area contributed by atoms with Gasteiger partial charge in [0.2, 0.25) is 0 Å². The van der Waals surface area contributed by atoms with E-state index in [4.69, 9.17) is 10.3 Å². The second kappa shape index (κ2) is 4.81. The van der Waals surface area contributed by atoms with Gasteiger partial charge in [0.05, 0.1) is 0 Å². The van der Waals surface area contributed by atoms with Crippen LogP contribution in [-0.4, -0.2) is 0 Å². The lowest BCUT2D eigenvalue weighted by atomic mass is 10.0. The van der Waals surface area contributed by atoms with Gasteiger partial charge in [-0.25, -0.2) is 5.43 Å². The second-order valence-corrected chi connectivity index (χ2v) is 5.50. The van der Waals surface area contributed by atoms with Crippen molar-refractivity contribution in [2.45, 2.75) is 19.9 Å². The molecule has 1 atom stereocenters. The minimum Gasteiger partial charge on any atom is -0.459 e. The average Bonchev–Trinajstić information content (AvgIpc) is 2.99. The summed E-state index contributed by atoms with van der Waals surface area (Å²) in [6.07, 6.45) is 0. The molecule has 3 aromatic rings. The van der Waals surface area contributed by atoms with E-state index in [1.807, 2.05) is 6.07 Å². The Labute approximate surface area is 116 Å². The summed E-state index contributed by atoms with van der Waals surface area (Å²) in [6, 6.07) is 8.11. The number of thiophene rings is 1. The molecule has 2 aromatic heterocycles. The first-order valence-corrected chi connectivity index (χ1v) is 7.13. The number of hydrogen-bond donors (Lipinski definition) is 2. The predicted octanol–water partition coefficient (Wildman–Crippen LogP) is 3.66. The monoisotopic (exact) mass is 272 g/mol. The van der Waals surface area contributed by atoms with Crippen LogP contribution in [0.1, 0.15) is 28.5 Å². The van der Waals surface area contributed by atoms with Crippen molar-refractivity contribution in [1.29, 1.82) is 0 Å². The molecule has 3 nitrogen and oxygen atoms in total. The van der Waals surface area contributed by atoms with E-state index in [2.05, 4.69) is 48.2 Å². The number of benzene rings is 1. The summed E-state index contributed by atoms with van der Waals surface area (Å²) in [4.78, 5) is 0. The molecule has 3 N–H and O–H groups in total. The third-order valence-corrected chi connectivity index (χ3v) is 4.30. The molecule has 3 rings (SSSR count). The fourth-order valence-corrected chi connectivity index (χ4v) is 3.24. The van der Waals surface area contributed by atoms with Crippen molar-refractivity contribution in [3.8, 4) is 0 Å². The highest BCUT2D eigenvalue weighted by Crippen LogP contribution is 2.32. The van der Waals surface area contributed by atoms with Crippen LogP contribution >= 0.6 is 11.3 Å². The zero-order valence-corrected chi connectivity index (χ0v) is 11.8. The molecule has 0 spiro atoms. The summed E-state index contributed by atoms with van der Waals surface area (Å²) in [5.74, 6) is 6.57. The van der Waals surface area contributed by atoms with Gasteiger partial charge >= 0.3 is 0 Å². The molecule has 0 fully saturated rings. The first-order chi connectivity index (χ1) is 9.20. The Kier molecular flexibility index (Phi) is 3.14. The van der Waals surface area contributed by atoms with E-state index in [1.165, 1.54) is 11.1 Å². The van der Waals surface area contributed by atoms with Crippen LogP contribution in [0.25, 0.3) is 11.0 Å². The molecule has 0 saturated heterocycles. The topological polar surface area (TPSA) is 51.2 Å². The van der Waals surface area contributed by atoms with Gasteiger partial charge in [0, 0.05) is 5.39 Å². The summed E-state index contributed by atoms with van der Waals surface area (Å²) >= 11 is 1.68. The van der Waals surface area contributed by atoms with Crippen LogP contribution in [0.2, 0.25) is 0 Å². The van der Waals surface area contributed by atoms with Crippen molar-refractivity contribution in [2.24, 2.45) is 5.84 Å². The Hall–Kier alpha value is -1.62. The summed E-state index contributed by atoms with van der Waals surface area (Å²) < 4.78 is 5.99. The van der Waals surface area contributed by atoms with Crippen LogP contribution in [0, 0.1) is 13.8 Å². The number of hydrogen-bond acceptors (Lipinski definition) is 4. The van der Waals surface area contributed by atoms with Crippen LogP contribution < -0.4 is 11.3 Å². The standard InChI is InChI=1S/C15H16N2OS/c1-9-4-3-5-11-6-13(18-15(9)11)14(17-16)12-8-19-7-10(12)2/h3-8,14,17H,16H2,1-2H3. The van der Waals surface area contributed by atoms with E-state index in [0.29, 0.717) is 0 Å². The molecule has 0 bridgehead atoms. The van der Waals surface area contributed by atoms with Crippen molar-refractivity contribution < 1.29 is 4.42 Å². The van der Waals surface area contributed by atoms with E-state index < -0.39 is 0 Å². The zero-order valence-electron chi connectivity index (χ0n) is 10.9. The lowest BCUT2D eigenvalue weighted by Gasteiger charge is -2.13. The van der Waals surface area contributed by atoms with E-state index in [1.54, 1.807) is 11.3 Å². The fourth-order valence-electron chi connectivity index (χ4n) is 2.36. The number of nitrogens with one attached hydrogen (secondary N) is 1.